The molecule has 0 rings (SSSR count). The highest BCUT2D eigenvalue weighted by molar-refractivity contribution is 6.60. The lowest BCUT2D eigenvalue weighted by molar-refractivity contribution is 0.122. The molecule has 0 aliphatic carbocycles. The van der Waals surface area contributed by atoms with Gasteiger partial charge in [-0.3, -0.25) is 0 Å². The van der Waals surface area contributed by atoms with E-state index < -0.39 is 8.80 Å². The van der Waals surface area contributed by atoms with Gasteiger partial charge in [0.05, 0.1) is 0 Å². The maximum atomic E-state index is 5.45. The minimum atomic E-state index is -2.33. The fourth-order valence-electron chi connectivity index (χ4n) is 3.37. The molecular formula is C21H45O3Si. The molecule has 151 valence electrons. The van der Waals surface area contributed by atoms with Crippen LogP contribution in [-0.4, -0.2) is 30.1 Å². The Kier molecular flexibility index (Phi) is 18.9. The highest BCUT2D eigenvalue weighted by atomic mass is 28.4. The highest BCUT2D eigenvalue weighted by Crippen LogP contribution is 2.18. The van der Waals surface area contributed by atoms with Gasteiger partial charge in [-0.25, -0.2) is 0 Å². The van der Waals surface area contributed by atoms with E-state index in [4.69, 9.17) is 13.3 Å². The summed E-state index contributed by atoms with van der Waals surface area (Å²) in [6.07, 6.45) is 21.7. The van der Waals surface area contributed by atoms with Crippen LogP contribution < -0.4 is 0 Å². The molecule has 0 aromatic rings. The molecule has 0 aliphatic rings. The molecule has 0 amide bonds. The molecular weight excluding hydrogens is 328 g/mol. The van der Waals surface area contributed by atoms with Gasteiger partial charge in [-0.2, -0.15) is 0 Å². The molecule has 1 radical (unpaired) electrons. The first-order valence-electron chi connectivity index (χ1n) is 10.7. The molecule has 0 atom stereocenters. The molecule has 3 nitrogen and oxygen atoms in total. The summed E-state index contributed by atoms with van der Waals surface area (Å²) in [5.74, 6) is 0. The zero-order valence-electron chi connectivity index (χ0n) is 17.5. The molecule has 0 aromatic heterocycles. The monoisotopic (exact) mass is 373 g/mol. The summed E-state index contributed by atoms with van der Waals surface area (Å²) in [7, 11) is 2.77. The van der Waals surface area contributed by atoms with Gasteiger partial charge >= 0.3 is 8.80 Å². The van der Waals surface area contributed by atoms with E-state index in [1.54, 1.807) is 21.3 Å². The molecule has 0 aliphatic heterocycles. The second-order valence-electron chi connectivity index (χ2n) is 7.20. The molecule has 0 spiro atoms. The van der Waals surface area contributed by atoms with Crippen molar-refractivity contribution in [2.24, 2.45) is 0 Å². The van der Waals surface area contributed by atoms with Crippen molar-refractivity contribution in [1.82, 2.24) is 0 Å². The molecule has 4 heteroatoms. The molecule has 0 fully saturated rings. The second kappa shape index (κ2) is 18.9. The number of hydrogen-bond acceptors (Lipinski definition) is 3. The summed E-state index contributed by atoms with van der Waals surface area (Å²) in [5.41, 5.74) is 0. The van der Waals surface area contributed by atoms with Crippen molar-refractivity contribution in [2.45, 2.75) is 109 Å². The first-order chi connectivity index (χ1) is 12.2. The Bertz CT molecular complexity index is 249. The lowest BCUT2D eigenvalue weighted by atomic mass is 10.0. The molecule has 0 unspecified atom stereocenters. The average Bonchev–Trinajstić information content (AvgIpc) is 2.65. The van der Waals surface area contributed by atoms with Crippen molar-refractivity contribution in [1.29, 1.82) is 0 Å². The maximum absolute atomic E-state index is 5.45. The van der Waals surface area contributed by atoms with E-state index in [0.717, 1.165) is 18.9 Å². The van der Waals surface area contributed by atoms with Crippen LogP contribution in [-0.2, 0) is 13.3 Å². The van der Waals surface area contributed by atoms with Gasteiger partial charge in [0.25, 0.3) is 0 Å². The predicted octanol–water partition coefficient (Wildman–Crippen LogP) is 6.94. The van der Waals surface area contributed by atoms with Gasteiger partial charge in [-0.1, -0.05) is 103 Å². The van der Waals surface area contributed by atoms with Gasteiger partial charge in [0, 0.05) is 27.4 Å². The molecule has 0 bridgehead atoms. The fraction of sp³-hybridized carbons (Fsp3) is 0.952. The molecule has 0 heterocycles. The largest absolute Gasteiger partial charge is 0.500 e. The first kappa shape index (κ1) is 25.1. The summed E-state index contributed by atoms with van der Waals surface area (Å²) < 4.78 is 16.4. The lowest BCUT2D eigenvalue weighted by Crippen LogP contribution is -2.42. The van der Waals surface area contributed by atoms with Crippen LogP contribution in [0.2, 0.25) is 6.04 Å². The third-order valence-electron chi connectivity index (χ3n) is 5.17. The summed E-state index contributed by atoms with van der Waals surface area (Å²) in [6, 6.07) is 0.936. The Hall–Kier alpha value is 0.0969. The summed E-state index contributed by atoms with van der Waals surface area (Å²) in [5, 5.41) is 0. The minimum Gasteiger partial charge on any atom is -0.377 e. The molecule has 0 saturated heterocycles. The van der Waals surface area contributed by atoms with Gasteiger partial charge in [0.2, 0.25) is 0 Å². The molecule has 25 heavy (non-hydrogen) atoms. The lowest BCUT2D eigenvalue weighted by Gasteiger charge is -2.24. The van der Waals surface area contributed by atoms with E-state index in [0.29, 0.717) is 0 Å². The molecule has 0 N–H and O–H groups in total. The van der Waals surface area contributed by atoms with Gasteiger partial charge in [-0.05, 0) is 6.42 Å². The summed E-state index contributed by atoms with van der Waals surface area (Å²) >= 11 is 0. The Balaban J connectivity index is 3.21. The predicted molar refractivity (Wildman–Crippen MR) is 111 cm³/mol. The van der Waals surface area contributed by atoms with Crippen LogP contribution in [0.5, 0.6) is 0 Å². The van der Waals surface area contributed by atoms with Gasteiger partial charge < -0.3 is 13.3 Å². The number of rotatable bonds is 20. The van der Waals surface area contributed by atoms with Gasteiger partial charge in [0.1, 0.15) is 0 Å². The minimum absolute atomic E-state index is 0.936. The van der Waals surface area contributed by atoms with Crippen LogP contribution in [0.1, 0.15) is 103 Å². The third kappa shape index (κ3) is 14.9. The Morgan fingerprint density at radius 1 is 0.480 bits per heavy atom. The van der Waals surface area contributed by atoms with Gasteiger partial charge in [-0.15, -0.1) is 0 Å². The third-order valence-corrected chi connectivity index (χ3v) is 8.00. The van der Waals surface area contributed by atoms with Crippen LogP contribution in [0.15, 0.2) is 0 Å². The van der Waals surface area contributed by atoms with E-state index in [9.17, 15) is 0 Å². The smallest absolute Gasteiger partial charge is 0.377 e. The van der Waals surface area contributed by atoms with Crippen molar-refractivity contribution >= 4 is 8.80 Å². The number of unbranched alkanes of at least 4 members (excludes halogenated alkanes) is 15. The van der Waals surface area contributed by atoms with E-state index in [1.807, 2.05) is 0 Å². The highest BCUT2D eigenvalue weighted by Gasteiger charge is 2.36. The van der Waals surface area contributed by atoms with Crippen molar-refractivity contribution < 1.29 is 13.3 Å². The Labute approximate surface area is 159 Å². The zero-order chi connectivity index (χ0) is 18.6. The maximum Gasteiger partial charge on any atom is 0.500 e. The first-order valence-corrected chi connectivity index (χ1v) is 12.6. The molecule has 0 saturated carbocycles. The van der Waals surface area contributed by atoms with E-state index in [2.05, 4.69) is 6.92 Å². The summed E-state index contributed by atoms with van der Waals surface area (Å²) in [6.45, 7) is 3.90. The van der Waals surface area contributed by atoms with Crippen LogP contribution in [0, 0.1) is 6.92 Å². The van der Waals surface area contributed by atoms with E-state index in [-0.39, 0.29) is 0 Å². The van der Waals surface area contributed by atoms with E-state index >= 15 is 0 Å². The quantitative estimate of drug-likeness (QED) is 0.171. The zero-order valence-corrected chi connectivity index (χ0v) is 18.5. The van der Waals surface area contributed by atoms with Crippen molar-refractivity contribution in [3.05, 3.63) is 6.92 Å². The van der Waals surface area contributed by atoms with Crippen molar-refractivity contribution in [2.75, 3.05) is 21.3 Å². The van der Waals surface area contributed by atoms with Crippen LogP contribution in [0.4, 0.5) is 0 Å². The average molecular weight is 374 g/mol. The second-order valence-corrected chi connectivity index (χ2v) is 10.3. The number of hydrogen-bond donors (Lipinski definition) is 0. The van der Waals surface area contributed by atoms with Gasteiger partial charge in [0.15, 0.2) is 0 Å². The normalized spacial score (nSPS) is 12.0. The van der Waals surface area contributed by atoms with Crippen LogP contribution in [0.3, 0.4) is 0 Å². The fourth-order valence-corrected chi connectivity index (χ4v) is 5.17. The van der Waals surface area contributed by atoms with E-state index in [1.165, 1.54) is 89.9 Å². The standard InChI is InChI=1S/C21H45O3Si/c1-5-6-7-8-9-10-11-12-13-14-15-16-17-18-19-20-21-25(22-2,23-3)24-4/h1,5-21H2,2-4H3. The Morgan fingerprint density at radius 2 is 0.760 bits per heavy atom. The summed E-state index contributed by atoms with van der Waals surface area (Å²) in [4.78, 5) is 0. The van der Waals surface area contributed by atoms with Crippen LogP contribution >= 0.6 is 0 Å². The Morgan fingerprint density at radius 3 is 1.04 bits per heavy atom. The van der Waals surface area contributed by atoms with Crippen molar-refractivity contribution in [3.63, 3.8) is 0 Å². The van der Waals surface area contributed by atoms with Crippen LogP contribution in [0.25, 0.3) is 0 Å². The SMILES string of the molecule is [CH2]CCCCCCCCCCCCCCCCC[Si](OC)(OC)OC. The van der Waals surface area contributed by atoms with Crippen molar-refractivity contribution in [3.8, 4) is 0 Å². The molecule has 0 aromatic carbocycles. The topological polar surface area (TPSA) is 27.7 Å².